The lowest BCUT2D eigenvalue weighted by Crippen LogP contribution is -2.45. The summed E-state index contributed by atoms with van der Waals surface area (Å²) in [5.74, 6) is -0.198. The molecular formula is C18H16N5O3S-. The van der Waals surface area contributed by atoms with Gasteiger partial charge in [-0.25, -0.2) is 4.98 Å². The Bertz CT molecular complexity index is 1140. The van der Waals surface area contributed by atoms with Crippen molar-refractivity contribution >= 4 is 21.6 Å². The molecule has 0 atom stereocenters. The number of rotatable bonds is 2. The normalized spacial score (nSPS) is 15.1. The predicted octanol–water partition coefficient (Wildman–Crippen LogP) is 1.10. The van der Waals surface area contributed by atoms with E-state index in [4.69, 9.17) is 4.74 Å². The van der Waals surface area contributed by atoms with Crippen LogP contribution in [0.1, 0.15) is 5.69 Å². The topological polar surface area (TPSA) is 88.2 Å². The van der Waals surface area contributed by atoms with E-state index in [0.717, 1.165) is 10.2 Å². The highest BCUT2D eigenvalue weighted by atomic mass is 32.1. The Kier molecular flexibility index (Phi) is 3.66. The zero-order chi connectivity index (χ0) is 18.5. The third-order valence-corrected chi connectivity index (χ3v) is 5.76. The second-order valence-corrected chi connectivity index (χ2v) is 7.40. The second-order valence-electron chi connectivity index (χ2n) is 6.39. The number of hydrogen-bond donors (Lipinski definition) is 0. The maximum Gasteiger partial charge on any atom is 0.284 e. The molecule has 8 nitrogen and oxygen atoms in total. The molecule has 0 saturated carbocycles. The summed E-state index contributed by atoms with van der Waals surface area (Å²) in [5.41, 5.74) is 1.99. The molecule has 138 valence electrons. The minimum atomic E-state index is -0.261. The van der Waals surface area contributed by atoms with E-state index in [1.165, 1.54) is 22.1 Å². The number of hydrogen-bond acceptors (Lipinski definition) is 7. The molecule has 0 unspecified atom stereocenters. The van der Waals surface area contributed by atoms with Gasteiger partial charge >= 0.3 is 0 Å². The standard InChI is InChI=1S/C18H17N5O3S/c1-11-16-13(10-15(24)23(11)21-6-8-26-9-7-21)20-22(17(16)25)18-19-12-4-2-3-5-14(12)27-18/h2-5,10,24H,6-9H2,1H3/p-1. The minimum Gasteiger partial charge on any atom is -0.859 e. The van der Waals surface area contributed by atoms with Crippen molar-refractivity contribution < 1.29 is 9.84 Å². The Balaban J connectivity index is 1.70. The molecule has 3 aliphatic rings. The molecule has 0 spiro atoms. The number of aromatic nitrogens is 4. The fraction of sp³-hybridized carbons (Fsp3) is 0.278. The summed E-state index contributed by atoms with van der Waals surface area (Å²) < 4.78 is 9.21. The summed E-state index contributed by atoms with van der Waals surface area (Å²) in [6, 6.07) is 9.11. The number of nitrogens with zero attached hydrogens (tertiary/aromatic N) is 5. The molecule has 0 aliphatic carbocycles. The van der Waals surface area contributed by atoms with Crippen LogP contribution in [0.25, 0.3) is 26.6 Å². The maximum absolute atomic E-state index is 13.1. The van der Waals surface area contributed by atoms with Gasteiger partial charge in [0.15, 0.2) is 0 Å². The van der Waals surface area contributed by atoms with Crippen molar-refractivity contribution in [3.05, 3.63) is 46.4 Å². The average Bonchev–Trinajstić information content (AvgIpc) is 3.23. The smallest absolute Gasteiger partial charge is 0.284 e. The van der Waals surface area contributed by atoms with Gasteiger partial charge in [-0.15, -0.1) is 0 Å². The number of fused-ring (bicyclic) bond motifs is 2. The molecular weight excluding hydrogens is 366 g/mol. The second kappa shape index (κ2) is 6.07. The Morgan fingerprint density at radius 1 is 1.22 bits per heavy atom. The van der Waals surface area contributed by atoms with Crippen molar-refractivity contribution in [3.63, 3.8) is 0 Å². The molecule has 9 heteroatoms. The summed E-state index contributed by atoms with van der Waals surface area (Å²) in [7, 11) is 0. The van der Waals surface area contributed by atoms with Crippen LogP contribution < -0.4 is 15.7 Å². The van der Waals surface area contributed by atoms with Gasteiger partial charge < -0.3 is 14.9 Å². The zero-order valence-corrected chi connectivity index (χ0v) is 15.4. The Hall–Kier alpha value is -2.91. The van der Waals surface area contributed by atoms with E-state index in [1.807, 2.05) is 29.3 Å². The average molecular weight is 382 g/mol. The lowest BCUT2D eigenvalue weighted by Gasteiger charge is -2.36. The highest BCUT2D eigenvalue weighted by Gasteiger charge is 2.24. The first-order chi connectivity index (χ1) is 13.1. The first-order valence-electron chi connectivity index (χ1n) is 8.65. The number of thiazole rings is 1. The molecule has 0 bridgehead atoms. The Morgan fingerprint density at radius 2 is 2.00 bits per heavy atom. The highest BCUT2D eigenvalue weighted by Crippen LogP contribution is 2.29. The van der Waals surface area contributed by atoms with Gasteiger partial charge in [-0.2, -0.15) is 9.78 Å². The van der Waals surface area contributed by atoms with E-state index in [2.05, 4.69) is 10.1 Å². The lowest BCUT2D eigenvalue weighted by atomic mass is 10.1. The van der Waals surface area contributed by atoms with Crippen LogP contribution >= 0.6 is 11.3 Å². The van der Waals surface area contributed by atoms with Crippen LogP contribution in [-0.4, -0.2) is 45.7 Å². The summed E-state index contributed by atoms with van der Waals surface area (Å²) in [4.78, 5) is 17.6. The largest absolute Gasteiger partial charge is 0.859 e. The highest BCUT2D eigenvalue weighted by molar-refractivity contribution is 7.20. The maximum atomic E-state index is 13.1. The summed E-state index contributed by atoms with van der Waals surface area (Å²) in [6.07, 6.45) is 0. The third-order valence-electron chi connectivity index (χ3n) is 4.75. The number of morpholine rings is 1. The Morgan fingerprint density at radius 3 is 2.78 bits per heavy atom. The fourth-order valence-electron chi connectivity index (χ4n) is 3.49. The van der Waals surface area contributed by atoms with Crippen molar-refractivity contribution in [2.45, 2.75) is 6.92 Å². The summed E-state index contributed by atoms with van der Waals surface area (Å²) >= 11 is 1.40. The molecule has 1 fully saturated rings. The molecule has 27 heavy (non-hydrogen) atoms. The quantitative estimate of drug-likeness (QED) is 0.516. The molecule has 1 saturated heterocycles. The molecule has 0 N–H and O–H groups in total. The molecule has 2 aromatic rings. The van der Waals surface area contributed by atoms with Crippen LogP contribution in [0.4, 0.5) is 0 Å². The van der Waals surface area contributed by atoms with Gasteiger partial charge in [0.2, 0.25) is 5.13 Å². The molecule has 0 amide bonds. The van der Waals surface area contributed by atoms with E-state index in [1.54, 1.807) is 11.6 Å². The van der Waals surface area contributed by atoms with Gasteiger partial charge in [0.25, 0.3) is 5.56 Å². The van der Waals surface area contributed by atoms with Gasteiger partial charge in [0.1, 0.15) is 0 Å². The van der Waals surface area contributed by atoms with Crippen LogP contribution in [0.15, 0.2) is 35.1 Å². The minimum absolute atomic E-state index is 0.198. The number of benzene rings is 1. The number of pyridine rings is 1. The van der Waals surface area contributed by atoms with E-state index < -0.39 is 0 Å². The van der Waals surface area contributed by atoms with Gasteiger partial charge in [-0.1, -0.05) is 23.5 Å². The molecule has 5 rings (SSSR count). The van der Waals surface area contributed by atoms with Crippen LogP contribution in [0, 0.1) is 6.92 Å². The van der Waals surface area contributed by atoms with Gasteiger partial charge in [0, 0.05) is 0 Å². The summed E-state index contributed by atoms with van der Waals surface area (Å²) in [5, 5.41) is 19.5. The van der Waals surface area contributed by atoms with Crippen molar-refractivity contribution in [2.24, 2.45) is 0 Å². The number of para-hydroxylation sites is 1. The van der Waals surface area contributed by atoms with Crippen molar-refractivity contribution in [3.8, 4) is 22.3 Å². The van der Waals surface area contributed by atoms with E-state index in [9.17, 15) is 9.90 Å². The van der Waals surface area contributed by atoms with E-state index in [-0.39, 0.29) is 11.4 Å². The van der Waals surface area contributed by atoms with Crippen LogP contribution in [-0.2, 0) is 4.74 Å². The molecule has 4 heterocycles. The van der Waals surface area contributed by atoms with Crippen molar-refractivity contribution in [1.29, 1.82) is 0 Å². The van der Waals surface area contributed by atoms with Crippen molar-refractivity contribution in [1.82, 2.24) is 19.4 Å². The third kappa shape index (κ3) is 2.50. The first kappa shape index (κ1) is 16.3. The van der Waals surface area contributed by atoms with Crippen LogP contribution in [0.3, 0.4) is 0 Å². The number of ether oxygens (including phenoxy) is 1. The SMILES string of the molecule is Cc1c2c(=O)n(-c3nc4ccccc4s3)nc-2cc([O-])n1N1CCOCC1. The zero-order valence-electron chi connectivity index (χ0n) is 14.6. The molecule has 0 radical (unpaired) electrons. The van der Waals surface area contributed by atoms with E-state index in [0.29, 0.717) is 48.4 Å². The monoisotopic (exact) mass is 382 g/mol. The first-order valence-corrected chi connectivity index (χ1v) is 9.46. The predicted molar refractivity (Wildman–Crippen MR) is 101 cm³/mol. The molecule has 1 aromatic carbocycles. The van der Waals surface area contributed by atoms with Gasteiger partial charge in [0.05, 0.1) is 53.5 Å². The van der Waals surface area contributed by atoms with Crippen LogP contribution in [0.5, 0.6) is 5.88 Å². The lowest BCUT2D eigenvalue weighted by molar-refractivity contribution is -0.280. The Labute approximate surface area is 158 Å². The molecule has 3 aliphatic heterocycles. The summed E-state index contributed by atoms with van der Waals surface area (Å²) in [6.45, 7) is 4.10. The van der Waals surface area contributed by atoms with Crippen molar-refractivity contribution in [2.75, 3.05) is 31.3 Å². The fourth-order valence-corrected chi connectivity index (χ4v) is 4.41. The van der Waals surface area contributed by atoms with E-state index >= 15 is 0 Å². The molecule has 1 aromatic heterocycles. The van der Waals surface area contributed by atoms with Crippen LogP contribution in [0.2, 0.25) is 0 Å². The van der Waals surface area contributed by atoms with Gasteiger partial charge in [-0.3, -0.25) is 9.47 Å². The van der Waals surface area contributed by atoms with Gasteiger partial charge in [-0.05, 0) is 31.0 Å².